The summed E-state index contributed by atoms with van der Waals surface area (Å²) in [6.45, 7) is -0.106. The summed E-state index contributed by atoms with van der Waals surface area (Å²) < 4.78 is 1.38. The highest BCUT2D eigenvalue weighted by atomic mass is 16.2. The Bertz CT molecular complexity index is 1100. The maximum atomic E-state index is 12.5. The van der Waals surface area contributed by atoms with E-state index in [-0.39, 0.29) is 30.0 Å². The van der Waals surface area contributed by atoms with Crippen molar-refractivity contribution in [2.75, 3.05) is 5.32 Å². The molecule has 152 valence electrons. The molecule has 4 N–H and O–H groups in total. The molecule has 3 aromatic rings. The van der Waals surface area contributed by atoms with Gasteiger partial charge in [-0.15, -0.1) is 0 Å². The summed E-state index contributed by atoms with van der Waals surface area (Å²) in [7, 11) is 0. The number of anilines is 1. The summed E-state index contributed by atoms with van der Waals surface area (Å²) in [5.74, 6) is -1.11. The first-order chi connectivity index (χ1) is 14.5. The van der Waals surface area contributed by atoms with Crippen LogP contribution in [-0.4, -0.2) is 33.5 Å². The molecule has 0 unspecified atom stereocenters. The predicted molar refractivity (Wildman–Crippen MR) is 112 cm³/mol. The standard InChI is InChI=1S/C22H21N5O3/c23-21(29)18-12-27(26-20(18)14-5-2-1-3-6-14)13-19(28)24-17-8-4-7-15(11-17)22(30)25-16-9-10-16/h1-8,11-12,16H,9-10,13H2,(H2,23,29)(H,24,28)(H,25,30). The lowest BCUT2D eigenvalue weighted by Crippen LogP contribution is -2.25. The van der Waals surface area contributed by atoms with Crippen LogP contribution in [0.15, 0.2) is 60.8 Å². The molecule has 0 saturated heterocycles. The second kappa shape index (κ2) is 8.20. The molecule has 0 bridgehead atoms. The van der Waals surface area contributed by atoms with Gasteiger partial charge in [0.25, 0.3) is 11.8 Å². The molecule has 1 saturated carbocycles. The minimum Gasteiger partial charge on any atom is -0.365 e. The number of hydrogen-bond acceptors (Lipinski definition) is 4. The molecule has 30 heavy (non-hydrogen) atoms. The SMILES string of the molecule is NC(=O)c1cn(CC(=O)Nc2cccc(C(=O)NC3CC3)c2)nc1-c1ccccc1. The van der Waals surface area contributed by atoms with Gasteiger partial charge in [-0.3, -0.25) is 19.1 Å². The molecular formula is C22H21N5O3. The first kappa shape index (κ1) is 19.4. The molecule has 2 aromatic carbocycles. The van der Waals surface area contributed by atoms with Gasteiger partial charge < -0.3 is 16.4 Å². The molecular weight excluding hydrogens is 382 g/mol. The molecule has 1 aromatic heterocycles. The quantitative estimate of drug-likeness (QED) is 0.560. The van der Waals surface area contributed by atoms with E-state index in [1.807, 2.05) is 30.3 Å². The number of nitrogens with two attached hydrogens (primary N) is 1. The highest BCUT2D eigenvalue weighted by molar-refractivity contribution is 5.99. The Kier molecular flexibility index (Phi) is 5.30. The summed E-state index contributed by atoms with van der Waals surface area (Å²) >= 11 is 0. The molecule has 1 aliphatic carbocycles. The summed E-state index contributed by atoms with van der Waals surface area (Å²) in [4.78, 5) is 36.5. The number of hydrogen-bond donors (Lipinski definition) is 3. The minimum atomic E-state index is -0.616. The fraction of sp³-hybridized carbons (Fsp3) is 0.182. The maximum Gasteiger partial charge on any atom is 0.252 e. The number of rotatable bonds is 7. The molecule has 1 fully saturated rings. The Morgan fingerprint density at radius 3 is 2.53 bits per heavy atom. The molecule has 3 amide bonds. The number of nitrogens with one attached hydrogen (secondary N) is 2. The molecule has 0 radical (unpaired) electrons. The normalized spacial score (nSPS) is 12.9. The number of aromatic nitrogens is 2. The lowest BCUT2D eigenvalue weighted by atomic mass is 10.1. The average molecular weight is 403 g/mol. The van der Waals surface area contributed by atoms with E-state index in [4.69, 9.17) is 5.73 Å². The third-order valence-corrected chi connectivity index (χ3v) is 4.70. The molecule has 1 heterocycles. The van der Waals surface area contributed by atoms with Crippen LogP contribution in [0.1, 0.15) is 33.6 Å². The highest BCUT2D eigenvalue weighted by Gasteiger charge is 2.24. The monoisotopic (exact) mass is 403 g/mol. The van der Waals surface area contributed by atoms with Crippen molar-refractivity contribution in [2.24, 2.45) is 5.73 Å². The van der Waals surface area contributed by atoms with Gasteiger partial charge in [0.2, 0.25) is 5.91 Å². The van der Waals surface area contributed by atoms with E-state index in [0.717, 1.165) is 18.4 Å². The second-order valence-electron chi connectivity index (χ2n) is 7.20. The molecule has 0 aliphatic heterocycles. The van der Waals surface area contributed by atoms with Crippen LogP contribution in [0, 0.1) is 0 Å². The molecule has 4 rings (SSSR count). The van der Waals surface area contributed by atoms with Crippen molar-refractivity contribution in [3.63, 3.8) is 0 Å². The van der Waals surface area contributed by atoms with Crippen LogP contribution in [0.5, 0.6) is 0 Å². The summed E-state index contributed by atoms with van der Waals surface area (Å²) in [5.41, 5.74) is 7.87. The Hall–Kier alpha value is -3.94. The zero-order chi connectivity index (χ0) is 21.1. The summed E-state index contributed by atoms with van der Waals surface area (Å²) in [6, 6.07) is 16.2. The summed E-state index contributed by atoms with van der Waals surface area (Å²) in [6.07, 6.45) is 3.47. The lowest BCUT2D eigenvalue weighted by Gasteiger charge is -2.08. The minimum absolute atomic E-state index is 0.106. The molecule has 8 heteroatoms. The van der Waals surface area contributed by atoms with Gasteiger partial charge in [-0.2, -0.15) is 5.10 Å². The number of nitrogens with zero attached hydrogens (tertiary/aromatic N) is 2. The Morgan fingerprint density at radius 1 is 1.07 bits per heavy atom. The summed E-state index contributed by atoms with van der Waals surface area (Å²) in [5, 5.41) is 10.0. The third-order valence-electron chi connectivity index (χ3n) is 4.70. The van der Waals surface area contributed by atoms with E-state index in [2.05, 4.69) is 15.7 Å². The largest absolute Gasteiger partial charge is 0.365 e. The zero-order valence-electron chi connectivity index (χ0n) is 16.2. The van der Waals surface area contributed by atoms with Crippen molar-refractivity contribution >= 4 is 23.4 Å². The van der Waals surface area contributed by atoms with Crippen molar-refractivity contribution in [3.05, 3.63) is 71.9 Å². The first-order valence-electron chi connectivity index (χ1n) is 9.63. The van der Waals surface area contributed by atoms with Crippen LogP contribution in [0.25, 0.3) is 11.3 Å². The highest BCUT2D eigenvalue weighted by Crippen LogP contribution is 2.22. The van der Waals surface area contributed by atoms with Gasteiger partial charge in [0.05, 0.1) is 5.56 Å². The van der Waals surface area contributed by atoms with Gasteiger partial charge in [-0.25, -0.2) is 0 Å². The van der Waals surface area contributed by atoms with E-state index in [1.54, 1.807) is 24.3 Å². The van der Waals surface area contributed by atoms with Crippen molar-refractivity contribution < 1.29 is 14.4 Å². The van der Waals surface area contributed by atoms with Gasteiger partial charge in [0.1, 0.15) is 12.2 Å². The van der Waals surface area contributed by atoms with Crippen LogP contribution in [0.4, 0.5) is 5.69 Å². The Labute approximate surface area is 173 Å². The average Bonchev–Trinajstić information content (AvgIpc) is 3.45. The van der Waals surface area contributed by atoms with E-state index in [9.17, 15) is 14.4 Å². The molecule has 1 aliphatic rings. The zero-order valence-corrected chi connectivity index (χ0v) is 16.2. The lowest BCUT2D eigenvalue weighted by molar-refractivity contribution is -0.116. The van der Waals surface area contributed by atoms with Crippen LogP contribution in [-0.2, 0) is 11.3 Å². The fourth-order valence-corrected chi connectivity index (χ4v) is 3.07. The number of carbonyl (C=O) groups excluding carboxylic acids is 3. The van der Waals surface area contributed by atoms with E-state index in [1.165, 1.54) is 10.9 Å². The first-order valence-corrected chi connectivity index (χ1v) is 9.63. The number of amides is 3. The van der Waals surface area contributed by atoms with Crippen molar-refractivity contribution in [1.29, 1.82) is 0 Å². The Morgan fingerprint density at radius 2 is 1.83 bits per heavy atom. The van der Waals surface area contributed by atoms with Crippen LogP contribution < -0.4 is 16.4 Å². The third kappa shape index (κ3) is 4.54. The number of benzene rings is 2. The molecule has 0 atom stereocenters. The van der Waals surface area contributed by atoms with Gasteiger partial charge in [0.15, 0.2) is 0 Å². The number of primary amides is 1. The number of carbonyl (C=O) groups is 3. The van der Waals surface area contributed by atoms with Crippen molar-refractivity contribution in [1.82, 2.24) is 15.1 Å². The van der Waals surface area contributed by atoms with Crippen LogP contribution in [0.2, 0.25) is 0 Å². The van der Waals surface area contributed by atoms with Gasteiger partial charge >= 0.3 is 0 Å². The topological polar surface area (TPSA) is 119 Å². The van der Waals surface area contributed by atoms with E-state index in [0.29, 0.717) is 16.9 Å². The van der Waals surface area contributed by atoms with Gasteiger partial charge in [-0.05, 0) is 31.0 Å². The molecule has 8 nitrogen and oxygen atoms in total. The maximum absolute atomic E-state index is 12.5. The van der Waals surface area contributed by atoms with Gasteiger partial charge in [0, 0.05) is 29.1 Å². The molecule has 0 spiro atoms. The van der Waals surface area contributed by atoms with Crippen molar-refractivity contribution in [2.45, 2.75) is 25.4 Å². The van der Waals surface area contributed by atoms with Crippen LogP contribution in [0.3, 0.4) is 0 Å². The predicted octanol–water partition coefficient (Wildman–Crippen LogP) is 2.18. The van der Waals surface area contributed by atoms with Crippen molar-refractivity contribution in [3.8, 4) is 11.3 Å². The van der Waals surface area contributed by atoms with Gasteiger partial charge in [-0.1, -0.05) is 36.4 Å². The van der Waals surface area contributed by atoms with E-state index >= 15 is 0 Å². The second-order valence-corrected chi connectivity index (χ2v) is 7.20. The Balaban J connectivity index is 1.47. The van der Waals surface area contributed by atoms with E-state index < -0.39 is 5.91 Å². The fourth-order valence-electron chi connectivity index (χ4n) is 3.07. The smallest absolute Gasteiger partial charge is 0.252 e. The van der Waals surface area contributed by atoms with Crippen LogP contribution >= 0.6 is 0 Å².